The Bertz CT molecular complexity index is 381. The lowest BCUT2D eigenvalue weighted by Crippen LogP contribution is -2.45. The van der Waals surface area contributed by atoms with Crippen molar-refractivity contribution in [2.45, 2.75) is 12.5 Å². The predicted molar refractivity (Wildman–Crippen MR) is 62.7 cm³/mol. The lowest BCUT2D eigenvalue weighted by Gasteiger charge is -2.17. The molecule has 1 aromatic carbocycles. The quantitative estimate of drug-likeness (QED) is 0.600. The SMILES string of the molecule is NC(=O)NC[C@@H](Cc1ccccc1)NC(=O)O. The molecule has 1 atom stereocenters. The van der Waals surface area contributed by atoms with Crippen LogP contribution in [0, 0.1) is 0 Å². The van der Waals surface area contributed by atoms with Crippen molar-refractivity contribution in [1.29, 1.82) is 0 Å². The lowest BCUT2D eigenvalue weighted by molar-refractivity contribution is 0.189. The van der Waals surface area contributed by atoms with Crippen LogP contribution in [-0.4, -0.2) is 29.8 Å². The highest BCUT2D eigenvalue weighted by atomic mass is 16.4. The Balaban J connectivity index is 2.56. The van der Waals surface area contributed by atoms with E-state index in [0.717, 1.165) is 5.56 Å². The molecule has 1 aromatic rings. The number of rotatable bonds is 5. The van der Waals surface area contributed by atoms with Crippen LogP contribution in [0.25, 0.3) is 0 Å². The Morgan fingerprint density at radius 2 is 1.94 bits per heavy atom. The Labute approximate surface area is 98.8 Å². The molecule has 0 unspecified atom stereocenters. The van der Waals surface area contributed by atoms with Crippen molar-refractivity contribution in [1.82, 2.24) is 10.6 Å². The average molecular weight is 237 g/mol. The van der Waals surface area contributed by atoms with Gasteiger partial charge in [0.15, 0.2) is 0 Å². The third-order valence-electron chi connectivity index (χ3n) is 2.18. The van der Waals surface area contributed by atoms with Crippen molar-refractivity contribution >= 4 is 12.1 Å². The van der Waals surface area contributed by atoms with E-state index in [2.05, 4.69) is 10.6 Å². The molecule has 0 saturated carbocycles. The van der Waals surface area contributed by atoms with Gasteiger partial charge in [-0.25, -0.2) is 9.59 Å². The maximum Gasteiger partial charge on any atom is 0.404 e. The summed E-state index contributed by atoms with van der Waals surface area (Å²) in [5.74, 6) is 0. The number of nitrogens with two attached hydrogens (primary N) is 1. The van der Waals surface area contributed by atoms with E-state index >= 15 is 0 Å². The molecule has 0 aromatic heterocycles. The van der Waals surface area contributed by atoms with Crippen molar-refractivity contribution in [3.8, 4) is 0 Å². The van der Waals surface area contributed by atoms with Gasteiger partial charge in [-0.3, -0.25) is 0 Å². The van der Waals surface area contributed by atoms with Crippen LogP contribution in [-0.2, 0) is 6.42 Å². The molecule has 0 heterocycles. The standard InChI is InChI=1S/C11H15N3O3/c12-10(15)13-7-9(14-11(16)17)6-8-4-2-1-3-5-8/h1-5,9,14H,6-7H2,(H,16,17)(H3,12,13,15)/t9-/m1/s1. The maximum absolute atomic E-state index is 10.6. The Hall–Kier alpha value is -2.24. The molecule has 0 aliphatic heterocycles. The number of benzene rings is 1. The fourth-order valence-corrected chi connectivity index (χ4v) is 1.47. The van der Waals surface area contributed by atoms with Gasteiger partial charge >= 0.3 is 12.1 Å². The average Bonchev–Trinajstić information content (AvgIpc) is 2.26. The van der Waals surface area contributed by atoms with Crippen LogP contribution in [0.1, 0.15) is 5.56 Å². The first kappa shape index (κ1) is 12.8. The molecule has 0 saturated heterocycles. The van der Waals surface area contributed by atoms with E-state index in [-0.39, 0.29) is 6.54 Å². The number of carbonyl (C=O) groups is 2. The Kier molecular flexibility index (Phi) is 4.80. The second kappa shape index (κ2) is 6.37. The van der Waals surface area contributed by atoms with Crippen molar-refractivity contribution in [2.24, 2.45) is 5.73 Å². The lowest BCUT2D eigenvalue weighted by atomic mass is 10.1. The zero-order chi connectivity index (χ0) is 12.7. The molecule has 6 heteroatoms. The van der Waals surface area contributed by atoms with E-state index in [1.54, 1.807) is 0 Å². The van der Waals surface area contributed by atoms with E-state index in [0.29, 0.717) is 6.42 Å². The van der Waals surface area contributed by atoms with Gasteiger partial charge in [0.1, 0.15) is 0 Å². The second-order valence-electron chi connectivity index (χ2n) is 3.58. The van der Waals surface area contributed by atoms with Gasteiger partial charge in [0.25, 0.3) is 0 Å². The number of hydrogen-bond acceptors (Lipinski definition) is 2. The topological polar surface area (TPSA) is 104 Å². The summed E-state index contributed by atoms with van der Waals surface area (Å²) in [6.07, 6.45) is -0.634. The highest BCUT2D eigenvalue weighted by molar-refractivity contribution is 5.71. The van der Waals surface area contributed by atoms with Gasteiger partial charge < -0.3 is 21.5 Å². The highest BCUT2D eigenvalue weighted by Gasteiger charge is 2.12. The molecular formula is C11H15N3O3. The normalized spacial score (nSPS) is 11.5. The highest BCUT2D eigenvalue weighted by Crippen LogP contribution is 2.02. The maximum atomic E-state index is 10.6. The molecule has 0 aliphatic carbocycles. The number of amides is 3. The largest absolute Gasteiger partial charge is 0.465 e. The van der Waals surface area contributed by atoms with Gasteiger partial charge in [-0.05, 0) is 12.0 Å². The summed E-state index contributed by atoms with van der Waals surface area (Å²) < 4.78 is 0. The molecule has 17 heavy (non-hydrogen) atoms. The van der Waals surface area contributed by atoms with E-state index < -0.39 is 18.2 Å². The molecule has 1 rings (SSSR count). The fourth-order valence-electron chi connectivity index (χ4n) is 1.47. The predicted octanol–water partition coefficient (Wildman–Crippen LogP) is 0.534. The molecule has 0 fully saturated rings. The number of urea groups is 1. The number of nitrogens with one attached hydrogen (secondary N) is 2. The van der Waals surface area contributed by atoms with Gasteiger partial charge in [-0.1, -0.05) is 30.3 Å². The summed E-state index contributed by atoms with van der Waals surface area (Å²) in [5, 5.41) is 13.4. The third kappa shape index (κ3) is 5.41. The first-order valence-electron chi connectivity index (χ1n) is 5.14. The van der Waals surface area contributed by atoms with Gasteiger partial charge in [0.05, 0.1) is 6.04 Å². The minimum atomic E-state index is -1.13. The molecule has 0 radical (unpaired) electrons. The van der Waals surface area contributed by atoms with Crippen molar-refractivity contribution < 1.29 is 14.7 Å². The molecule has 6 nitrogen and oxygen atoms in total. The summed E-state index contributed by atoms with van der Waals surface area (Å²) in [4.78, 5) is 21.2. The van der Waals surface area contributed by atoms with Crippen molar-refractivity contribution in [3.05, 3.63) is 35.9 Å². The van der Waals surface area contributed by atoms with E-state index in [1.807, 2.05) is 30.3 Å². The first-order chi connectivity index (χ1) is 8.08. The van der Waals surface area contributed by atoms with Crippen LogP contribution in [0.15, 0.2) is 30.3 Å². The van der Waals surface area contributed by atoms with Gasteiger partial charge in [0.2, 0.25) is 0 Å². The summed E-state index contributed by atoms with van der Waals surface area (Å²) in [5.41, 5.74) is 5.92. The zero-order valence-electron chi connectivity index (χ0n) is 9.22. The van der Waals surface area contributed by atoms with Crippen molar-refractivity contribution in [3.63, 3.8) is 0 Å². The monoisotopic (exact) mass is 237 g/mol. The minimum absolute atomic E-state index is 0.163. The third-order valence-corrected chi connectivity index (χ3v) is 2.18. The number of carbonyl (C=O) groups excluding carboxylic acids is 1. The zero-order valence-corrected chi connectivity index (χ0v) is 9.22. The summed E-state index contributed by atoms with van der Waals surface area (Å²) in [6.45, 7) is 0.163. The van der Waals surface area contributed by atoms with E-state index in [1.165, 1.54) is 0 Å². The van der Waals surface area contributed by atoms with Crippen LogP contribution in [0.5, 0.6) is 0 Å². The molecular weight excluding hydrogens is 222 g/mol. The molecule has 0 spiro atoms. The minimum Gasteiger partial charge on any atom is -0.465 e. The molecule has 0 bridgehead atoms. The number of hydrogen-bond donors (Lipinski definition) is 4. The molecule has 5 N–H and O–H groups in total. The van der Waals surface area contributed by atoms with Crippen LogP contribution >= 0.6 is 0 Å². The van der Waals surface area contributed by atoms with Gasteiger partial charge in [-0.2, -0.15) is 0 Å². The fraction of sp³-hybridized carbons (Fsp3) is 0.273. The number of primary amides is 1. The van der Waals surface area contributed by atoms with Crippen LogP contribution in [0.2, 0.25) is 0 Å². The van der Waals surface area contributed by atoms with Gasteiger partial charge in [0, 0.05) is 6.54 Å². The Morgan fingerprint density at radius 1 is 1.29 bits per heavy atom. The van der Waals surface area contributed by atoms with Crippen LogP contribution in [0.3, 0.4) is 0 Å². The van der Waals surface area contributed by atoms with E-state index in [9.17, 15) is 9.59 Å². The number of carboxylic acid groups (broad SMARTS) is 1. The molecule has 3 amide bonds. The second-order valence-corrected chi connectivity index (χ2v) is 3.58. The molecule has 0 aliphatic rings. The summed E-state index contributed by atoms with van der Waals surface area (Å²) in [6, 6.07) is 8.33. The smallest absolute Gasteiger partial charge is 0.404 e. The summed E-state index contributed by atoms with van der Waals surface area (Å²) >= 11 is 0. The summed E-state index contributed by atoms with van der Waals surface area (Å²) in [7, 11) is 0. The van der Waals surface area contributed by atoms with Crippen LogP contribution in [0.4, 0.5) is 9.59 Å². The van der Waals surface area contributed by atoms with Crippen molar-refractivity contribution in [2.75, 3.05) is 6.54 Å². The van der Waals surface area contributed by atoms with E-state index in [4.69, 9.17) is 10.8 Å². The molecule has 92 valence electrons. The van der Waals surface area contributed by atoms with Gasteiger partial charge in [-0.15, -0.1) is 0 Å². The van der Waals surface area contributed by atoms with Crippen LogP contribution < -0.4 is 16.4 Å². The first-order valence-corrected chi connectivity index (χ1v) is 5.14. The Morgan fingerprint density at radius 3 is 2.47 bits per heavy atom.